The number of rotatable bonds is 1. The first kappa shape index (κ1) is 10.4. The third-order valence-corrected chi connectivity index (χ3v) is 1.40. The molecule has 1 rings (SSSR count). The van der Waals surface area contributed by atoms with Gasteiger partial charge in [0.1, 0.15) is 0 Å². The highest BCUT2D eigenvalue weighted by Crippen LogP contribution is 2.11. The average molecular weight is 159 g/mol. The van der Waals surface area contributed by atoms with Crippen molar-refractivity contribution in [2.75, 3.05) is 13.7 Å². The van der Waals surface area contributed by atoms with E-state index in [0.717, 1.165) is 0 Å². The van der Waals surface area contributed by atoms with Crippen LogP contribution in [0.3, 0.4) is 0 Å². The monoisotopic (exact) mass is 159 g/mol. The number of methoxy groups -OCH3 is 1. The smallest absolute Gasteiger partial charge is 0.305 e. The molecular weight excluding hydrogens is 142 g/mol. The number of hydrogen-bond donors (Lipinski definition) is 1. The summed E-state index contributed by atoms with van der Waals surface area (Å²) < 4.78 is 4.26. The number of hydrogen-bond acceptors (Lipinski definition) is 3. The summed E-state index contributed by atoms with van der Waals surface area (Å²) in [7, 11) is 1.38. The van der Waals surface area contributed by atoms with E-state index in [4.69, 9.17) is 0 Å². The van der Waals surface area contributed by atoms with Crippen LogP contribution in [0.5, 0.6) is 0 Å². The molecule has 0 atom stereocenters. The molecular formula is C8H17NO2. The molecule has 1 aliphatic heterocycles. The van der Waals surface area contributed by atoms with Gasteiger partial charge in [0.15, 0.2) is 0 Å². The largest absolute Gasteiger partial charge is 0.469 e. The van der Waals surface area contributed by atoms with Gasteiger partial charge in [0, 0.05) is 18.5 Å². The molecule has 0 amide bonds. The summed E-state index contributed by atoms with van der Waals surface area (Å²) in [6, 6.07) is 0. The van der Waals surface area contributed by atoms with Gasteiger partial charge in [0.25, 0.3) is 0 Å². The lowest BCUT2D eigenvalue weighted by atomic mass is 10.3. The Labute approximate surface area is 68.1 Å². The predicted molar refractivity (Wildman–Crippen MR) is 44.4 cm³/mol. The van der Waals surface area contributed by atoms with Gasteiger partial charge in [-0.15, -0.1) is 0 Å². The van der Waals surface area contributed by atoms with Gasteiger partial charge in [0.05, 0.1) is 7.11 Å². The molecule has 0 radical (unpaired) electrons. The van der Waals surface area contributed by atoms with Gasteiger partial charge >= 0.3 is 5.97 Å². The molecule has 0 bridgehead atoms. The van der Waals surface area contributed by atoms with Gasteiger partial charge in [-0.1, -0.05) is 6.92 Å². The van der Waals surface area contributed by atoms with E-state index in [9.17, 15) is 4.79 Å². The van der Waals surface area contributed by atoms with Crippen molar-refractivity contribution in [2.24, 2.45) is 0 Å². The fourth-order valence-corrected chi connectivity index (χ4v) is 0.321. The van der Waals surface area contributed by atoms with Crippen molar-refractivity contribution in [3.63, 3.8) is 0 Å². The van der Waals surface area contributed by atoms with E-state index < -0.39 is 0 Å². The van der Waals surface area contributed by atoms with Crippen LogP contribution < -0.4 is 5.32 Å². The fraction of sp³-hybridized carbons (Fsp3) is 0.875. The molecule has 0 aromatic heterocycles. The minimum atomic E-state index is -0.157. The molecule has 1 heterocycles. The van der Waals surface area contributed by atoms with E-state index in [2.05, 4.69) is 23.9 Å². The van der Waals surface area contributed by atoms with Gasteiger partial charge in [-0.05, 0) is 13.8 Å². The molecule has 3 heteroatoms. The molecule has 1 N–H and O–H groups in total. The van der Waals surface area contributed by atoms with Crippen molar-refractivity contribution in [2.45, 2.75) is 32.7 Å². The second-order valence-electron chi connectivity index (χ2n) is 3.17. The van der Waals surface area contributed by atoms with Crippen LogP contribution in [0.25, 0.3) is 0 Å². The van der Waals surface area contributed by atoms with Crippen molar-refractivity contribution in [1.82, 2.24) is 5.32 Å². The molecule has 0 aliphatic carbocycles. The zero-order valence-corrected chi connectivity index (χ0v) is 7.73. The summed E-state index contributed by atoms with van der Waals surface area (Å²) >= 11 is 0. The molecule has 3 nitrogen and oxygen atoms in total. The fourth-order valence-electron chi connectivity index (χ4n) is 0.321. The van der Waals surface area contributed by atoms with Crippen molar-refractivity contribution in [3.05, 3.63) is 0 Å². The van der Waals surface area contributed by atoms with Crippen LogP contribution in [0.1, 0.15) is 27.2 Å². The Morgan fingerprint density at radius 1 is 1.64 bits per heavy atom. The molecule has 1 aliphatic rings. The van der Waals surface area contributed by atoms with E-state index in [0.29, 0.717) is 12.0 Å². The summed E-state index contributed by atoms with van der Waals surface area (Å²) in [4.78, 5) is 9.96. The summed E-state index contributed by atoms with van der Waals surface area (Å²) in [5.41, 5.74) is 0.500. The van der Waals surface area contributed by atoms with Crippen LogP contribution in [-0.2, 0) is 9.53 Å². The average Bonchev–Trinajstić information content (AvgIpc) is 2.65. The van der Waals surface area contributed by atoms with Crippen LogP contribution in [0.2, 0.25) is 0 Å². The van der Waals surface area contributed by atoms with Crippen LogP contribution in [0, 0.1) is 0 Å². The van der Waals surface area contributed by atoms with Gasteiger partial charge in [-0.3, -0.25) is 4.79 Å². The maximum atomic E-state index is 9.96. The molecule has 1 saturated heterocycles. The highest BCUT2D eigenvalue weighted by Gasteiger charge is 2.29. The summed E-state index contributed by atoms with van der Waals surface area (Å²) in [6.07, 6.45) is 0.469. The molecule has 0 saturated carbocycles. The zero-order chi connectivity index (χ0) is 8.91. The Hall–Kier alpha value is -0.570. The van der Waals surface area contributed by atoms with E-state index in [-0.39, 0.29) is 5.97 Å². The first-order valence-electron chi connectivity index (χ1n) is 3.83. The highest BCUT2D eigenvalue weighted by molar-refractivity contribution is 5.68. The molecule has 0 unspecified atom stereocenters. The van der Waals surface area contributed by atoms with E-state index in [1.165, 1.54) is 13.7 Å². The van der Waals surface area contributed by atoms with Crippen molar-refractivity contribution < 1.29 is 9.53 Å². The lowest BCUT2D eigenvalue weighted by Crippen LogP contribution is -1.98. The van der Waals surface area contributed by atoms with E-state index in [1.54, 1.807) is 6.92 Å². The maximum Gasteiger partial charge on any atom is 0.305 e. The van der Waals surface area contributed by atoms with Gasteiger partial charge < -0.3 is 10.1 Å². The Kier molecular flexibility index (Phi) is 4.11. The van der Waals surface area contributed by atoms with Gasteiger partial charge in [-0.2, -0.15) is 0 Å². The zero-order valence-electron chi connectivity index (χ0n) is 7.73. The number of carbonyl (C=O) groups is 1. The molecule has 0 spiro atoms. The third-order valence-electron chi connectivity index (χ3n) is 1.40. The minimum absolute atomic E-state index is 0.157. The SMILES string of the molecule is CC1(C)CN1.CCC(=O)OC. The van der Waals surface area contributed by atoms with Crippen molar-refractivity contribution in [1.29, 1.82) is 0 Å². The molecule has 0 aromatic carbocycles. The normalized spacial score (nSPS) is 17.8. The summed E-state index contributed by atoms with van der Waals surface area (Å²) in [5.74, 6) is -0.157. The number of esters is 1. The Bertz CT molecular complexity index is 120. The lowest BCUT2D eigenvalue weighted by molar-refractivity contribution is -0.140. The number of ether oxygens (including phenoxy) is 1. The van der Waals surface area contributed by atoms with Gasteiger partial charge in [-0.25, -0.2) is 0 Å². The van der Waals surface area contributed by atoms with E-state index in [1.807, 2.05) is 0 Å². The van der Waals surface area contributed by atoms with Crippen LogP contribution >= 0.6 is 0 Å². The number of nitrogens with one attached hydrogen (secondary N) is 1. The number of carbonyl (C=O) groups excluding carboxylic acids is 1. The molecule has 1 fully saturated rings. The lowest BCUT2D eigenvalue weighted by Gasteiger charge is -1.87. The Morgan fingerprint density at radius 3 is 2.00 bits per heavy atom. The minimum Gasteiger partial charge on any atom is -0.469 e. The van der Waals surface area contributed by atoms with Crippen LogP contribution in [0.15, 0.2) is 0 Å². The van der Waals surface area contributed by atoms with Crippen molar-refractivity contribution in [3.8, 4) is 0 Å². The Morgan fingerprint density at radius 2 is 2.00 bits per heavy atom. The molecule has 11 heavy (non-hydrogen) atoms. The summed E-state index contributed by atoms with van der Waals surface area (Å²) in [6.45, 7) is 7.33. The first-order chi connectivity index (χ1) is 5.02. The van der Waals surface area contributed by atoms with E-state index >= 15 is 0 Å². The standard InChI is InChI=1S/C4H9N.C4H8O2/c1-4(2)3-5-4;1-3-4(5)6-2/h5H,3H2,1-2H3;3H2,1-2H3. The third kappa shape index (κ3) is 7.33. The molecule has 66 valence electrons. The highest BCUT2D eigenvalue weighted by atomic mass is 16.5. The second kappa shape index (κ2) is 4.34. The predicted octanol–water partition coefficient (Wildman–Crippen LogP) is 0.938. The maximum absolute atomic E-state index is 9.96. The Balaban J connectivity index is 0.000000183. The second-order valence-corrected chi connectivity index (χ2v) is 3.17. The van der Waals surface area contributed by atoms with Crippen molar-refractivity contribution >= 4 is 5.97 Å². The van der Waals surface area contributed by atoms with Crippen LogP contribution in [-0.4, -0.2) is 25.2 Å². The first-order valence-corrected chi connectivity index (χ1v) is 3.83. The summed E-state index contributed by atoms with van der Waals surface area (Å²) in [5, 5.41) is 3.17. The quantitative estimate of drug-likeness (QED) is 0.457. The topological polar surface area (TPSA) is 48.2 Å². The van der Waals surface area contributed by atoms with Crippen LogP contribution in [0.4, 0.5) is 0 Å². The molecule has 0 aromatic rings. The van der Waals surface area contributed by atoms with Gasteiger partial charge in [0.2, 0.25) is 0 Å².